The van der Waals surface area contributed by atoms with Crippen molar-refractivity contribution in [2.45, 2.75) is 32.7 Å². The molecule has 0 aliphatic carbocycles. The lowest BCUT2D eigenvalue weighted by Gasteiger charge is -2.08. The lowest BCUT2D eigenvalue weighted by Crippen LogP contribution is -2.04. The zero-order valence-electron chi connectivity index (χ0n) is 11.7. The summed E-state index contributed by atoms with van der Waals surface area (Å²) in [6, 6.07) is 8.58. The standard InChI is InChI=1S/C16H17ClN2S/c1-3-12-6-7-20-15(12)10-19-14-8-11(2)4-5-13(14)18-16(19)9-17/h4-8H,3,9-10H2,1-2H3. The molecule has 104 valence electrons. The van der Waals surface area contributed by atoms with Gasteiger partial charge in [0.25, 0.3) is 0 Å². The van der Waals surface area contributed by atoms with Crippen molar-refractivity contribution in [1.82, 2.24) is 9.55 Å². The van der Waals surface area contributed by atoms with Gasteiger partial charge < -0.3 is 4.57 Å². The highest BCUT2D eigenvalue weighted by Crippen LogP contribution is 2.24. The molecule has 3 rings (SSSR count). The average molecular weight is 305 g/mol. The lowest BCUT2D eigenvalue weighted by molar-refractivity contribution is 0.782. The van der Waals surface area contributed by atoms with Crippen LogP contribution in [0, 0.1) is 6.92 Å². The van der Waals surface area contributed by atoms with Crippen LogP contribution in [0.4, 0.5) is 0 Å². The number of nitrogens with zero attached hydrogens (tertiary/aromatic N) is 2. The van der Waals surface area contributed by atoms with E-state index in [1.165, 1.54) is 21.5 Å². The highest BCUT2D eigenvalue weighted by molar-refractivity contribution is 7.10. The van der Waals surface area contributed by atoms with Gasteiger partial charge >= 0.3 is 0 Å². The van der Waals surface area contributed by atoms with Gasteiger partial charge in [-0.15, -0.1) is 22.9 Å². The van der Waals surface area contributed by atoms with Gasteiger partial charge in [0.15, 0.2) is 0 Å². The number of imidazole rings is 1. The van der Waals surface area contributed by atoms with Crippen LogP contribution in [-0.4, -0.2) is 9.55 Å². The number of alkyl halides is 1. The van der Waals surface area contributed by atoms with Gasteiger partial charge in [-0.1, -0.05) is 13.0 Å². The maximum atomic E-state index is 6.08. The Morgan fingerprint density at radius 2 is 2.15 bits per heavy atom. The smallest absolute Gasteiger partial charge is 0.125 e. The quantitative estimate of drug-likeness (QED) is 0.636. The molecule has 4 heteroatoms. The summed E-state index contributed by atoms with van der Waals surface area (Å²) in [5.41, 5.74) is 4.88. The maximum absolute atomic E-state index is 6.08. The van der Waals surface area contributed by atoms with E-state index in [-0.39, 0.29) is 0 Å². The number of halogens is 1. The third kappa shape index (κ3) is 2.36. The molecule has 0 radical (unpaired) electrons. The topological polar surface area (TPSA) is 17.8 Å². The molecule has 0 bridgehead atoms. The van der Waals surface area contributed by atoms with E-state index < -0.39 is 0 Å². The van der Waals surface area contributed by atoms with Crippen LogP contribution in [0.3, 0.4) is 0 Å². The Kier molecular flexibility index (Phi) is 3.81. The predicted molar refractivity (Wildman–Crippen MR) is 86.8 cm³/mol. The van der Waals surface area contributed by atoms with Gasteiger partial charge in [0.1, 0.15) is 5.82 Å². The van der Waals surface area contributed by atoms with Crippen LogP contribution in [0.1, 0.15) is 28.8 Å². The minimum absolute atomic E-state index is 0.445. The first-order chi connectivity index (χ1) is 9.72. The van der Waals surface area contributed by atoms with Gasteiger partial charge in [-0.05, 0) is 48.1 Å². The van der Waals surface area contributed by atoms with Gasteiger partial charge in [-0.2, -0.15) is 0 Å². The van der Waals surface area contributed by atoms with Crippen molar-refractivity contribution in [2.24, 2.45) is 0 Å². The molecule has 2 heterocycles. The number of fused-ring (bicyclic) bond motifs is 1. The molecular formula is C16H17ClN2S. The fraction of sp³-hybridized carbons (Fsp3) is 0.312. The van der Waals surface area contributed by atoms with Gasteiger partial charge in [0, 0.05) is 4.88 Å². The van der Waals surface area contributed by atoms with Gasteiger partial charge in [-0.3, -0.25) is 0 Å². The molecule has 0 spiro atoms. The van der Waals surface area contributed by atoms with Gasteiger partial charge in [-0.25, -0.2) is 4.98 Å². The first kappa shape index (κ1) is 13.7. The third-order valence-corrected chi connectivity index (χ3v) is 4.81. The summed E-state index contributed by atoms with van der Waals surface area (Å²) in [5.74, 6) is 1.39. The number of aromatic nitrogens is 2. The Hall–Kier alpha value is -1.32. The minimum atomic E-state index is 0.445. The molecule has 0 aliphatic heterocycles. The largest absolute Gasteiger partial charge is 0.322 e. The molecule has 0 amide bonds. The van der Waals surface area contributed by atoms with Crippen molar-refractivity contribution in [3.63, 3.8) is 0 Å². The third-order valence-electron chi connectivity index (χ3n) is 3.62. The van der Waals surface area contributed by atoms with Crippen molar-refractivity contribution < 1.29 is 0 Å². The Morgan fingerprint density at radius 3 is 2.90 bits per heavy atom. The molecule has 0 saturated heterocycles. The SMILES string of the molecule is CCc1ccsc1Cn1c(CCl)nc2ccc(C)cc21. The number of hydrogen-bond donors (Lipinski definition) is 0. The van der Waals surface area contributed by atoms with Crippen molar-refractivity contribution >= 4 is 34.0 Å². The Balaban J connectivity index is 2.11. The Morgan fingerprint density at radius 1 is 1.30 bits per heavy atom. The van der Waals surface area contributed by atoms with Crippen LogP contribution >= 0.6 is 22.9 Å². The minimum Gasteiger partial charge on any atom is -0.322 e. The normalized spacial score (nSPS) is 11.3. The zero-order chi connectivity index (χ0) is 14.1. The molecule has 0 fully saturated rings. The summed E-state index contributed by atoms with van der Waals surface area (Å²) < 4.78 is 2.25. The predicted octanol–water partition coefficient (Wildman–Crippen LogP) is 4.76. The van der Waals surface area contributed by atoms with E-state index in [0.717, 1.165) is 24.3 Å². The van der Waals surface area contributed by atoms with Gasteiger partial charge in [0.2, 0.25) is 0 Å². The number of benzene rings is 1. The first-order valence-corrected chi connectivity index (χ1v) is 8.21. The summed E-state index contributed by atoms with van der Waals surface area (Å²) in [6.07, 6.45) is 1.07. The fourth-order valence-corrected chi connectivity index (χ4v) is 3.69. The van der Waals surface area contributed by atoms with Crippen LogP contribution in [0.25, 0.3) is 11.0 Å². The summed E-state index contributed by atoms with van der Waals surface area (Å²) in [6.45, 7) is 5.17. The lowest BCUT2D eigenvalue weighted by atomic mass is 10.2. The monoisotopic (exact) mass is 304 g/mol. The second-order valence-corrected chi connectivity index (χ2v) is 6.23. The molecule has 3 aromatic rings. The van der Waals surface area contributed by atoms with Crippen LogP contribution in [0.15, 0.2) is 29.6 Å². The summed E-state index contributed by atoms with van der Waals surface area (Å²) >= 11 is 7.89. The highest BCUT2D eigenvalue weighted by atomic mass is 35.5. The molecule has 2 nitrogen and oxygen atoms in total. The number of thiophene rings is 1. The Bertz CT molecular complexity index is 742. The Labute approximate surface area is 128 Å². The highest BCUT2D eigenvalue weighted by Gasteiger charge is 2.12. The average Bonchev–Trinajstić information content (AvgIpc) is 3.04. The van der Waals surface area contributed by atoms with Crippen LogP contribution in [0.2, 0.25) is 0 Å². The molecule has 0 unspecified atom stereocenters. The van der Waals surface area contributed by atoms with Crippen molar-refractivity contribution in [1.29, 1.82) is 0 Å². The van der Waals surface area contributed by atoms with Crippen LogP contribution in [0.5, 0.6) is 0 Å². The molecule has 0 saturated carbocycles. The van der Waals surface area contributed by atoms with Crippen LogP contribution < -0.4 is 0 Å². The summed E-state index contributed by atoms with van der Waals surface area (Å²) in [7, 11) is 0. The van der Waals surface area contributed by atoms with E-state index >= 15 is 0 Å². The van der Waals surface area contributed by atoms with Crippen molar-refractivity contribution in [3.8, 4) is 0 Å². The van der Waals surface area contributed by atoms with Crippen molar-refractivity contribution in [2.75, 3.05) is 0 Å². The second kappa shape index (κ2) is 5.58. The molecule has 2 aromatic heterocycles. The van der Waals surface area contributed by atoms with E-state index in [1.807, 2.05) is 11.3 Å². The summed E-state index contributed by atoms with van der Waals surface area (Å²) in [5, 5.41) is 2.17. The molecule has 20 heavy (non-hydrogen) atoms. The van der Waals surface area contributed by atoms with E-state index in [9.17, 15) is 0 Å². The number of rotatable bonds is 4. The maximum Gasteiger partial charge on any atom is 0.125 e. The molecule has 0 aliphatic rings. The fourth-order valence-electron chi connectivity index (χ4n) is 2.53. The molecular weight excluding hydrogens is 288 g/mol. The van der Waals surface area contributed by atoms with Crippen molar-refractivity contribution in [3.05, 3.63) is 51.5 Å². The number of hydrogen-bond acceptors (Lipinski definition) is 2. The van der Waals surface area contributed by atoms with Gasteiger partial charge in [0.05, 0.1) is 23.5 Å². The summed E-state index contributed by atoms with van der Waals surface area (Å²) in [4.78, 5) is 6.05. The molecule has 0 atom stereocenters. The van der Waals surface area contributed by atoms with E-state index in [4.69, 9.17) is 11.6 Å². The van der Waals surface area contributed by atoms with E-state index in [1.54, 1.807) is 0 Å². The van der Waals surface area contributed by atoms with E-state index in [0.29, 0.717) is 5.88 Å². The first-order valence-electron chi connectivity index (χ1n) is 6.80. The van der Waals surface area contributed by atoms with E-state index in [2.05, 4.69) is 53.0 Å². The second-order valence-electron chi connectivity index (χ2n) is 4.96. The zero-order valence-corrected chi connectivity index (χ0v) is 13.3. The number of aryl methyl sites for hydroxylation is 2. The van der Waals surface area contributed by atoms with Crippen LogP contribution in [-0.2, 0) is 18.8 Å². The molecule has 1 aromatic carbocycles. The molecule has 0 N–H and O–H groups in total.